The van der Waals surface area contributed by atoms with Gasteiger partial charge in [-0.15, -0.1) is 0 Å². The molecule has 102 valence electrons. The highest BCUT2D eigenvalue weighted by Gasteiger charge is 2.27. The van der Waals surface area contributed by atoms with E-state index in [9.17, 15) is 9.59 Å². The Kier molecular flexibility index (Phi) is 4.20. The lowest BCUT2D eigenvalue weighted by Crippen LogP contribution is -2.33. The largest absolute Gasteiger partial charge is 0.356 e. The Labute approximate surface area is 113 Å². The van der Waals surface area contributed by atoms with Crippen LogP contribution in [0.15, 0.2) is 24.3 Å². The first kappa shape index (κ1) is 13.6. The summed E-state index contributed by atoms with van der Waals surface area (Å²) in [7, 11) is 1.85. The van der Waals surface area contributed by atoms with Crippen molar-refractivity contribution in [1.82, 2.24) is 10.2 Å². The highest BCUT2D eigenvalue weighted by molar-refractivity contribution is 5.78. The molecule has 1 unspecified atom stereocenters. The standard InChI is InChI=1S/C15H20N2O2/c1-11(18)16-10-9-15(19)17(2)14-8-7-12-5-3-4-6-13(12)14/h3-6,14H,7-10H2,1-2H3,(H,16,18). The molecule has 0 bridgehead atoms. The van der Waals surface area contributed by atoms with Crippen LogP contribution < -0.4 is 5.32 Å². The third-order valence-electron chi connectivity index (χ3n) is 3.67. The Hall–Kier alpha value is -1.84. The van der Waals surface area contributed by atoms with Gasteiger partial charge < -0.3 is 10.2 Å². The van der Waals surface area contributed by atoms with Crippen molar-refractivity contribution in [3.8, 4) is 0 Å². The van der Waals surface area contributed by atoms with Crippen molar-refractivity contribution in [3.05, 3.63) is 35.4 Å². The van der Waals surface area contributed by atoms with E-state index in [1.807, 2.05) is 24.1 Å². The van der Waals surface area contributed by atoms with Gasteiger partial charge in [0.25, 0.3) is 0 Å². The summed E-state index contributed by atoms with van der Waals surface area (Å²) in [6.07, 6.45) is 2.38. The molecule has 1 aliphatic rings. The lowest BCUT2D eigenvalue weighted by atomic mass is 10.1. The molecule has 0 spiro atoms. The van der Waals surface area contributed by atoms with Crippen LogP contribution in [0.5, 0.6) is 0 Å². The minimum Gasteiger partial charge on any atom is -0.356 e. The van der Waals surface area contributed by atoms with Gasteiger partial charge in [-0.3, -0.25) is 9.59 Å². The number of hydrogen-bond acceptors (Lipinski definition) is 2. The lowest BCUT2D eigenvalue weighted by molar-refractivity contribution is -0.132. The first-order valence-corrected chi connectivity index (χ1v) is 6.67. The van der Waals surface area contributed by atoms with Gasteiger partial charge in [0.1, 0.15) is 0 Å². The highest BCUT2D eigenvalue weighted by Crippen LogP contribution is 2.34. The summed E-state index contributed by atoms with van der Waals surface area (Å²) < 4.78 is 0. The molecule has 0 saturated carbocycles. The molecular formula is C15H20N2O2. The van der Waals surface area contributed by atoms with Crippen molar-refractivity contribution in [2.24, 2.45) is 0 Å². The van der Waals surface area contributed by atoms with E-state index in [1.165, 1.54) is 18.1 Å². The molecule has 4 nitrogen and oxygen atoms in total. The van der Waals surface area contributed by atoms with Crippen molar-refractivity contribution in [3.63, 3.8) is 0 Å². The van der Waals surface area contributed by atoms with Crippen LogP contribution in [0.2, 0.25) is 0 Å². The molecule has 1 aromatic rings. The molecule has 1 N–H and O–H groups in total. The molecule has 2 rings (SSSR count). The Morgan fingerprint density at radius 1 is 1.37 bits per heavy atom. The van der Waals surface area contributed by atoms with Crippen LogP contribution in [-0.4, -0.2) is 30.3 Å². The number of fused-ring (bicyclic) bond motifs is 1. The number of nitrogens with one attached hydrogen (secondary N) is 1. The summed E-state index contributed by atoms with van der Waals surface area (Å²) in [5.74, 6) is -0.0166. The lowest BCUT2D eigenvalue weighted by Gasteiger charge is -2.25. The quantitative estimate of drug-likeness (QED) is 0.895. The Balaban J connectivity index is 1.95. The molecule has 0 saturated heterocycles. The molecule has 2 amide bonds. The fourth-order valence-electron chi connectivity index (χ4n) is 2.63. The zero-order valence-corrected chi connectivity index (χ0v) is 11.5. The summed E-state index contributed by atoms with van der Waals surface area (Å²) in [4.78, 5) is 24.7. The maximum Gasteiger partial charge on any atom is 0.224 e. The number of carbonyl (C=O) groups is 2. The molecule has 0 fully saturated rings. The maximum atomic E-state index is 12.1. The number of nitrogens with zero attached hydrogens (tertiary/aromatic N) is 1. The van der Waals surface area contributed by atoms with Crippen molar-refractivity contribution >= 4 is 11.8 Å². The van der Waals surface area contributed by atoms with E-state index < -0.39 is 0 Å². The first-order chi connectivity index (χ1) is 9.09. The summed E-state index contributed by atoms with van der Waals surface area (Å²) in [5.41, 5.74) is 2.60. The average Bonchev–Trinajstić information content (AvgIpc) is 2.81. The molecule has 0 heterocycles. The van der Waals surface area contributed by atoms with Crippen molar-refractivity contribution in [1.29, 1.82) is 0 Å². The summed E-state index contributed by atoms with van der Waals surface area (Å²) >= 11 is 0. The number of hydrogen-bond donors (Lipinski definition) is 1. The molecule has 1 aromatic carbocycles. The second kappa shape index (κ2) is 5.87. The molecule has 0 radical (unpaired) electrons. The van der Waals surface area contributed by atoms with Crippen LogP contribution in [-0.2, 0) is 16.0 Å². The number of carbonyl (C=O) groups excluding carboxylic acids is 2. The Bertz CT molecular complexity index is 485. The van der Waals surface area contributed by atoms with E-state index >= 15 is 0 Å². The number of rotatable bonds is 4. The van der Waals surface area contributed by atoms with Gasteiger partial charge >= 0.3 is 0 Å². The summed E-state index contributed by atoms with van der Waals surface area (Å²) in [6, 6.07) is 8.48. The van der Waals surface area contributed by atoms with Crippen LogP contribution in [0.25, 0.3) is 0 Å². The van der Waals surface area contributed by atoms with E-state index in [1.54, 1.807) is 0 Å². The van der Waals surface area contributed by atoms with Gasteiger partial charge in [0.15, 0.2) is 0 Å². The van der Waals surface area contributed by atoms with Gasteiger partial charge in [0.05, 0.1) is 6.04 Å². The number of benzene rings is 1. The number of aryl methyl sites for hydroxylation is 1. The fourth-order valence-corrected chi connectivity index (χ4v) is 2.63. The van der Waals surface area contributed by atoms with Crippen LogP contribution in [0.3, 0.4) is 0 Å². The molecule has 0 aromatic heterocycles. The predicted molar refractivity (Wildman–Crippen MR) is 73.6 cm³/mol. The van der Waals surface area contributed by atoms with Crippen molar-refractivity contribution < 1.29 is 9.59 Å². The SMILES string of the molecule is CC(=O)NCCC(=O)N(C)C1CCc2ccccc21. The second-order valence-corrected chi connectivity index (χ2v) is 4.99. The first-order valence-electron chi connectivity index (χ1n) is 6.67. The fraction of sp³-hybridized carbons (Fsp3) is 0.467. The zero-order valence-electron chi connectivity index (χ0n) is 11.5. The molecule has 0 aliphatic heterocycles. The van der Waals surface area contributed by atoms with E-state index in [0.29, 0.717) is 13.0 Å². The van der Waals surface area contributed by atoms with Gasteiger partial charge in [-0.05, 0) is 24.0 Å². The normalized spacial score (nSPS) is 16.8. The van der Waals surface area contributed by atoms with E-state index in [0.717, 1.165) is 12.8 Å². The average molecular weight is 260 g/mol. The van der Waals surface area contributed by atoms with Crippen LogP contribution in [0, 0.1) is 0 Å². The monoisotopic (exact) mass is 260 g/mol. The van der Waals surface area contributed by atoms with Crippen molar-refractivity contribution in [2.75, 3.05) is 13.6 Å². The third kappa shape index (κ3) is 3.13. The van der Waals surface area contributed by atoms with E-state index in [4.69, 9.17) is 0 Å². The maximum absolute atomic E-state index is 12.1. The topological polar surface area (TPSA) is 49.4 Å². The smallest absolute Gasteiger partial charge is 0.224 e. The van der Waals surface area contributed by atoms with Gasteiger partial charge in [-0.25, -0.2) is 0 Å². The van der Waals surface area contributed by atoms with E-state index in [2.05, 4.69) is 17.4 Å². The van der Waals surface area contributed by atoms with Crippen molar-refractivity contribution in [2.45, 2.75) is 32.2 Å². The van der Waals surface area contributed by atoms with Gasteiger partial charge in [0.2, 0.25) is 11.8 Å². The van der Waals surface area contributed by atoms with Crippen LogP contribution >= 0.6 is 0 Å². The number of amides is 2. The van der Waals surface area contributed by atoms with Crippen LogP contribution in [0.1, 0.15) is 36.9 Å². The van der Waals surface area contributed by atoms with Gasteiger partial charge in [0, 0.05) is 26.9 Å². The molecule has 1 atom stereocenters. The summed E-state index contributed by atoms with van der Waals surface area (Å²) in [5, 5.41) is 2.65. The third-order valence-corrected chi connectivity index (χ3v) is 3.67. The molecule has 1 aliphatic carbocycles. The summed E-state index contributed by atoms with van der Waals surface area (Å²) in [6.45, 7) is 1.87. The molecule has 19 heavy (non-hydrogen) atoms. The molecule has 4 heteroatoms. The van der Waals surface area contributed by atoms with Gasteiger partial charge in [-0.2, -0.15) is 0 Å². The minimum absolute atomic E-state index is 0.0791. The van der Waals surface area contributed by atoms with E-state index in [-0.39, 0.29) is 17.9 Å². The highest BCUT2D eigenvalue weighted by atomic mass is 16.2. The second-order valence-electron chi connectivity index (χ2n) is 4.99. The Morgan fingerprint density at radius 2 is 2.11 bits per heavy atom. The zero-order chi connectivity index (χ0) is 13.8. The predicted octanol–water partition coefficient (Wildman–Crippen LogP) is 1.66. The van der Waals surface area contributed by atoms with Crippen LogP contribution in [0.4, 0.5) is 0 Å². The molecular weight excluding hydrogens is 240 g/mol. The minimum atomic E-state index is -0.0957. The Morgan fingerprint density at radius 3 is 2.84 bits per heavy atom. The van der Waals surface area contributed by atoms with Gasteiger partial charge in [-0.1, -0.05) is 24.3 Å².